The second kappa shape index (κ2) is 3.48. The number of nitrogens with two attached hydrogens (primary N) is 1. The molecular weight excluding hydrogens is 148 g/mol. The van der Waals surface area contributed by atoms with E-state index in [-0.39, 0.29) is 0 Å². The molecule has 0 unspecified atom stereocenters. The summed E-state index contributed by atoms with van der Waals surface area (Å²) in [7, 11) is 1.92. The highest BCUT2D eigenvalue weighted by Gasteiger charge is 2.04. The highest BCUT2D eigenvalue weighted by atomic mass is 14.8. The molecule has 12 heavy (non-hydrogen) atoms. The largest absolute Gasteiger partial charge is 0.399 e. The Morgan fingerprint density at radius 3 is 2.50 bits per heavy atom. The number of anilines is 2. The molecule has 0 amide bonds. The van der Waals surface area contributed by atoms with Crippen LogP contribution in [-0.2, 0) is 0 Å². The number of hydrogen-bond donors (Lipinski definition) is 2. The molecule has 0 fully saturated rings. The third kappa shape index (κ3) is 1.70. The van der Waals surface area contributed by atoms with Gasteiger partial charge >= 0.3 is 0 Å². The summed E-state index contributed by atoms with van der Waals surface area (Å²) in [6.07, 6.45) is 0. The number of benzene rings is 1. The van der Waals surface area contributed by atoms with Gasteiger partial charge in [0.05, 0.1) is 0 Å². The fourth-order valence-electron chi connectivity index (χ4n) is 1.29. The molecule has 0 saturated heterocycles. The van der Waals surface area contributed by atoms with Gasteiger partial charge in [-0.2, -0.15) is 0 Å². The van der Waals surface area contributed by atoms with Crippen LogP contribution >= 0.6 is 0 Å². The molecule has 0 saturated carbocycles. The van der Waals surface area contributed by atoms with Crippen molar-refractivity contribution in [2.45, 2.75) is 19.8 Å². The van der Waals surface area contributed by atoms with Gasteiger partial charge in [-0.25, -0.2) is 0 Å². The van der Waals surface area contributed by atoms with Crippen molar-refractivity contribution < 1.29 is 0 Å². The molecule has 0 atom stereocenters. The van der Waals surface area contributed by atoms with Crippen LogP contribution in [0.25, 0.3) is 0 Å². The van der Waals surface area contributed by atoms with Crippen molar-refractivity contribution in [3.63, 3.8) is 0 Å². The Morgan fingerprint density at radius 1 is 1.33 bits per heavy atom. The van der Waals surface area contributed by atoms with Gasteiger partial charge in [0, 0.05) is 18.4 Å². The number of hydrogen-bond acceptors (Lipinski definition) is 2. The standard InChI is InChI=1S/C10H16N2/c1-7(2)9-5-4-8(11)6-10(9)12-3/h4-7,12H,11H2,1-3H3. The lowest BCUT2D eigenvalue weighted by Crippen LogP contribution is -1.98. The maximum atomic E-state index is 5.66. The van der Waals surface area contributed by atoms with Gasteiger partial charge < -0.3 is 11.1 Å². The molecule has 0 aromatic heterocycles. The predicted octanol–water partition coefficient (Wildman–Crippen LogP) is 2.43. The van der Waals surface area contributed by atoms with Crippen molar-refractivity contribution in [3.8, 4) is 0 Å². The van der Waals surface area contributed by atoms with E-state index in [2.05, 4.69) is 25.2 Å². The van der Waals surface area contributed by atoms with Crippen molar-refractivity contribution >= 4 is 11.4 Å². The summed E-state index contributed by atoms with van der Waals surface area (Å²) in [5.41, 5.74) is 8.91. The summed E-state index contributed by atoms with van der Waals surface area (Å²) in [5, 5.41) is 3.14. The van der Waals surface area contributed by atoms with Crippen molar-refractivity contribution in [3.05, 3.63) is 23.8 Å². The maximum absolute atomic E-state index is 5.66. The van der Waals surface area contributed by atoms with Crippen LogP contribution in [-0.4, -0.2) is 7.05 Å². The van der Waals surface area contributed by atoms with Crippen LogP contribution in [0.1, 0.15) is 25.3 Å². The third-order valence-electron chi connectivity index (χ3n) is 1.97. The first-order valence-corrected chi connectivity index (χ1v) is 4.22. The fraction of sp³-hybridized carbons (Fsp3) is 0.400. The SMILES string of the molecule is CNc1cc(N)ccc1C(C)C. The van der Waals surface area contributed by atoms with Gasteiger partial charge in [-0.1, -0.05) is 19.9 Å². The van der Waals surface area contributed by atoms with Gasteiger partial charge in [0.1, 0.15) is 0 Å². The van der Waals surface area contributed by atoms with Crippen LogP contribution in [0.5, 0.6) is 0 Å². The molecule has 66 valence electrons. The lowest BCUT2D eigenvalue weighted by Gasteiger charge is -2.12. The first-order chi connectivity index (χ1) is 5.65. The molecule has 1 rings (SSSR count). The summed E-state index contributed by atoms with van der Waals surface area (Å²) in [6.45, 7) is 4.35. The molecule has 2 heteroatoms. The number of nitrogen functional groups attached to an aromatic ring is 1. The Labute approximate surface area is 73.8 Å². The van der Waals surface area contributed by atoms with Crippen molar-refractivity contribution in [1.29, 1.82) is 0 Å². The zero-order chi connectivity index (χ0) is 9.14. The van der Waals surface area contributed by atoms with E-state index in [1.165, 1.54) is 5.56 Å². The Hall–Kier alpha value is -1.18. The fourth-order valence-corrected chi connectivity index (χ4v) is 1.29. The van der Waals surface area contributed by atoms with E-state index in [0.717, 1.165) is 11.4 Å². The first-order valence-electron chi connectivity index (χ1n) is 4.22. The van der Waals surface area contributed by atoms with Gasteiger partial charge in [0.2, 0.25) is 0 Å². The van der Waals surface area contributed by atoms with Crippen LogP contribution in [0.15, 0.2) is 18.2 Å². The third-order valence-corrected chi connectivity index (χ3v) is 1.97. The average molecular weight is 164 g/mol. The van der Waals surface area contributed by atoms with Crippen molar-refractivity contribution in [1.82, 2.24) is 0 Å². The summed E-state index contributed by atoms with van der Waals surface area (Å²) in [6, 6.07) is 5.98. The van der Waals surface area contributed by atoms with E-state index < -0.39 is 0 Å². The topological polar surface area (TPSA) is 38.0 Å². The Bertz CT molecular complexity index is 267. The summed E-state index contributed by atoms with van der Waals surface area (Å²) >= 11 is 0. The van der Waals surface area contributed by atoms with Gasteiger partial charge in [-0.15, -0.1) is 0 Å². The minimum atomic E-state index is 0.535. The predicted molar refractivity (Wildman–Crippen MR) is 54.5 cm³/mol. The van der Waals surface area contributed by atoms with E-state index in [1.54, 1.807) is 0 Å². The molecule has 2 nitrogen and oxygen atoms in total. The minimum absolute atomic E-state index is 0.535. The zero-order valence-corrected chi connectivity index (χ0v) is 7.89. The van der Waals surface area contributed by atoms with Crippen LogP contribution < -0.4 is 11.1 Å². The van der Waals surface area contributed by atoms with Gasteiger partial charge in [-0.3, -0.25) is 0 Å². The molecule has 3 N–H and O–H groups in total. The first kappa shape index (κ1) is 8.91. The van der Waals surface area contributed by atoms with E-state index in [4.69, 9.17) is 5.73 Å². The molecular formula is C10H16N2. The molecule has 0 heterocycles. The molecule has 1 aromatic rings. The van der Waals surface area contributed by atoms with E-state index >= 15 is 0 Å². The zero-order valence-electron chi connectivity index (χ0n) is 7.89. The van der Waals surface area contributed by atoms with Crippen LogP contribution in [0, 0.1) is 0 Å². The Balaban J connectivity index is 3.11. The van der Waals surface area contributed by atoms with E-state index in [0.29, 0.717) is 5.92 Å². The van der Waals surface area contributed by atoms with Crippen LogP contribution in [0.3, 0.4) is 0 Å². The summed E-state index contributed by atoms with van der Waals surface area (Å²) in [5.74, 6) is 0.535. The van der Waals surface area contributed by atoms with Crippen molar-refractivity contribution in [2.75, 3.05) is 18.1 Å². The van der Waals surface area contributed by atoms with Gasteiger partial charge in [-0.05, 0) is 23.6 Å². The van der Waals surface area contributed by atoms with Crippen molar-refractivity contribution in [2.24, 2.45) is 0 Å². The minimum Gasteiger partial charge on any atom is -0.399 e. The normalized spacial score (nSPS) is 10.3. The molecule has 1 aromatic carbocycles. The highest BCUT2D eigenvalue weighted by molar-refractivity contribution is 5.60. The smallest absolute Gasteiger partial charge is 0.0393 e. The summed E-state index contributed by atoms with van der Waals surface area (Å²) < 4.78 is 0. The molecule has 0 spiro atoms. The van der Waals surface area contributed by atoms with Crippen LogP contribution in [0.2, 0.25) is 0 Å². The highest BCUT2D eigenvalue weighted by Crippen LogP contribution is 2.25. The molecule has 0 radical (unpaired) electrons. The molecule has 0 aliphatic rings. The second-order valence-electron chi connectivity index (χ2n) is 3.25. The maximum Gasteiger partial charge on any atom is 0.0393 e. The quantitative estimate of drug-likeness (QED) is 0.659. The van der Waals surface area contributed by atoms with E-state index in [1.807, 2.05) is 19.2 Å². The van der Waals surface area contributed by atoms with Crippen LogP contribution in [0.4, 0.5) is 11.4 Å². The molecule has 0 bridgehead atoms. The van der Waals surface area contributed by atoms with Gasteiger partial charge in [0.15, 0.2) is 0 Å². The number of nitrogens with one attached hydrogen (secondary N) is 1. The van der Waals surface area contributed by atoms with Gasteiger partial charge in [0.25, 0.3) is 0 Å². The Kier molecular flexibility index (Phi) is 2.58. The lowest BCUT2D eigenvalue weighted by atomic mass is 10.0. The second-order valence-corrected chi connectivity index (χ2v) is 3.25. The summed E-state index contributed by atoms with van der Waals surface area (Å²) in [4.78, 5) is 0. The van der Waals surface area contributed by atoms with E-state index in [9.17, 15) is 0 Å². The monoisotopic (exact) mass is 164 g/mol. The molecule has 0 aliphatic heterocycles. The molecule has 0 aliphatic carbocycles. The lowest BCUT2D eigenvalue weighted by molar-refractivity contribution is 0.868. The Morgan fingerprint density at radius 2 is 2.00 bits per heavy atom. The average Bonchev–Trinajstić information content (AvgIpc) is 2.03. The number of rotatable bonds is 2.